The highest BCUT2D eigenvalue weighted by Crippen LogP contribution is 2.16. The van der Waals surface area contributed by atoms with Crippen LogP contribution in [-0.2, 0) is 19.1 Å². The van der Waals surface area contributed by atoms with Crippen molar-refractivity contribution in [1.82, 2.24) is 21.1 Å². The molecular weight excluding hydrogens is 368 g/mol. The van der Waals surface area contributed by atoms with E-state index in [0.29, 0.717) is 5.56 Å². The summed E-state index contributed by atoms with van der Waals surface area (Å²) in [6.45, 7) is 4.29. The summed E-state index contributed by atoms with van der Waals surface area (Å²) >= 11 is 0. The Hall–Kier alpha value is -3.43. The van der Waals surface area contributed by atoms with Gasteiger partial charge in [0.25, 0.3) is 17.7 Å². The predicted octanol–water partition coefficient (Wildman–Crippen LogP) is 0.0998. The van der Waals surface area contributed by atoms with E-state index >= 15 is 0 Å². The smallest absolute Gasteiger partial charge is 0.325 e. The first kappa shape index (κ1) is 20.9. The number of nitrogens with one attached hydrogen (secondary N) is 3. The summed E-state index contributed by atoms with van der Waals surface area (Å²) in [5, 5.41) is 2.50. The fourth-order valence-corrected chi connectivity index (χ4v) is 2.42. The second-order valence-electron chi connectivity index (χ2n) is 6.70. The van der Waals surface area contributed by atoms with Gasteiger partial charge in [-0.2, -0.15) is 0 Å². The van der Waals surface area contributed by atoms with Gasteiger partial charge >= 0.3 is 12.0 Å². The number of imide groups is 1. The molecule has 0 bridgehead atoms. The van der Waals surface area contributed by atoms with Crippen LogP contribution in [0.15, 0.2) is 30.3 Å². The summed E-state index contributed by atoms with van der Waals surface area (Å²) in [6, 6.07) is 7.65. The van der Waals surface area contributed by atoms with Gasteiger partial charge in [0.1, 0.15) is 5.54 Å². The van der Waals surface area contributed by atoms with E-state index in [4.69, 9.17) is 4.74 Å². The van der Waals surface area contributed by atoms with Gasteiger partial charge in [0.05, 0.1) is 6.42 Å². The third-order valence-electron chi connectivity index (χ3n) is 4.00. The molecule has 1 fully saturated rings. The van der Waals surface area contributed by atoms with E-state index in [2.05, 4.69) is 16.2 Å². The van der Waals surface area contributed by atoms with E-state index in [-0.39, 0.29) is 13.0 Å². The molecule has 0 aromatic heterocycles. The Balaban J connectivity index is 1.76. The minimum atomic E-state index is -1.18. The SMILES string of the molecule is C[C@H](OC(=O)CCN1C(=O)NC(C)(C)C1=O)C(=O)NNC(=O)c1ccccc1. The third kappa shape index (κ3) is 5.06. The van der Waals surface area contributed by atoms with Crippen LogP contribution in [-0.4, -0.2) is 52.8 Å². The molecule has 0 saturated carbocycles. The maximum atomic E-state index is 12.0. The van der Waals surface area contributed by atoms with E-state index in [9.17, 15) is 24.0 Å². The van der Waals surface area contributed by atoms with Gasteiger partial charge in [-0.1, -0.05) is 18.2 Å². The van der Waals surface area contributed by atoms with Crippen molar-refractivity contribution >= 4 is 29.7 Å². The van der Waals surface area contributed by atoms with Gasteiger partial charge in [0, 0.05) is 12.1 Å². The topological polar surface area (TPSA) is 134 Å². The maximum Gasteiger partial charge on any atom is 0.325 e. The molecule has 10 heteroatoms. The highest BCUT2D eigenvalue weighted by Gasteiger charge is 2.44. The number of hydrogen-bond donors (Lipinski definition) is 3. The van der Waals surface area contributed by atoms with Crippen LogP contribution in [0.4, 0.5) is 4.79 Å². The summed E-state index contributed by atoms with van der Waals surface area (Å²) in [7, 11) is 0. The molecule has 150 valence electrons. The molecule has 1 saturated heterocycles. The Kier molecular flexibility index (Phi) is 6.34. The Morgan fingerprint density at radius 2 is 1.79 bits per heavy atom. The van der Waals surface area contributed by atoms with Crippen LogP contribution in [0.5, 0.6) is 0 Å². The molecular formula is C18H22N4O6. The Morgan fingerprint density at radius 3 is 2.36 bits per heavy atom. The molecule has 1 heterocycles. The number of nitrogens with zero attached hydrogens (tertiary/aromatic N) is 1. The fraction of sp³-hybridized carbons (Fsp3) is 0.389. The first-order valence-electron chi connectivity index (χ1n) is 8.60. The molecule has 1 aliphatic rings. The van der Waals surface area contributed by atoms with Crippen molar-refractivity contribution in [3.8, 4) is 0 Å². The zero-order valence-corrected chi connectivity index (χ0v) is 15.8. The maximum absolute atomic E-state index is 12.0. The molecule has 0 spiro atoms. The van der Waals surface area contributed by atoms with Crippen LogP contribution in [0.2, 0.25) is 0 Å². The molecule has 10 nitrogen and oxygen atoms in total. The highest BCUT2D eigenvalue weighted by atomic mass is 16.5. The third-order valence-corrected chi connectivity index (χ3v) is 4.00. The van der Waals surface area contributed by atoms with Crippen LogP contribution in [0.3, 0.4) is 0 Å². The second-order valence-corrected chi connectivity index (χ2v) is 6.70. The largest absolute Gasteiger partial charge is 0.452 e. The second kappa shape index (κ2) is 8.51. The molecule has 5 amide bonds. The highest BCUT2D eigenvalue weighted by molar-refractivity contribution is 6.06. The van der Waals surface area contributed by atoms with Crippen LogP contribution < -0.4 is 16.2 Å². The standard InChI is InChI=1S/C18H22N4O6/c1-11(14(24)20-21-15(25)12-7-5-4-6-8-12)28-13(23)9-10-22-16(26)18(2,3)19-17(22)27/h4-8,11H,9-10H2,1-3H3,(H,19,27)(H,20,24)(H,21,25)/t11-/m0/s1. The Morgan fingerprint density at radius 1 is 1.14 bits per heavy atom. The lowest BCUT2D eigenvalue weighted by molar-refractivity contribution is -0.155. The van der Waals surface area contributed by atoms with Crippen molar-refractivity contribution in [2.45, 2.75) is 38.8 Å². The normalized spacial score (nSPS) is 16.2. The van der Waals surface area contributed by atoms with Gasteiger partial charge in [-0.25, -0.2) is 4.79 Å². The van der Waals surface area contributed by atoms with Gasteiger partial charge < -0.3 is 10.1 Å². The molecule has 1 aromatic rings. The van der Waals surface area contributed by atoms with E-state index < -0.39 is 41.4 Å². The van der Waals surface area contributed by atoms with E-state index in [1.165, 1.54) is 6.92 Å². The van der Waals surface area contributed by atoms with Gasteiger partial charge in [-0.3, -0.25) is 34.9 Å². The molecule has 0 unspecified atom stereocenters. The number of amides is 5. The number of rotatable bonds is 6. The molecule has 28 heavy (non-hydrogen) atoms. The van der Waals surface area contributed by atoms with E-state index in [1.54, 1.807) is 44.2 Å². The lowest BCUT2D eigenvalue weighted by Gasteiger charge is -2.17. The summed E-state index contributed by atoms with van der Waals surface area (Å²) < 4.78 is 4.96. The van der Waals surface area contributed by atoms with E-state index in [0.717, 1.165) is 4.90 Å². The first-order valence-corrected chi connectivity index (χ1v) is 8.60. The van der Waals surface area contributed by atoms with Crippen LogP contribution in [0, 0.1) is 0 Å². The number of ether oxygens (including phenoxy) is 1. The van der Waals surface area contributed by atoms with Crippen molar-refractivity contribution in [3.63, 3.8) is 0 Å². The van der Waals surface area contributed by atoms with Gasteiger partial charge in [0.15, 0.2) is 6.10 Å². The molecule has 3 N–H and O–H groups in total. The molecule has 1 aromatic carbocycles. The quantitative estimate of drug-likeness (QED) is 0.358. The summed E-state index contributed by atoms with van der Waals surface area (Å²) in [5.74, 6) is -2.45. The number of hydrogen-bond acceptors (Lipinski definition) is 6. The predicted molar refractivity (Wildman–Crippen MR) is 96.5 cm³/mol. The zero-order valence-electron chi connectivity index (χ0n) is 15.8. The number of benzene rings is 1. The first-order chi connectivity index (χ1) is 13.1. The summed E-state index contributed by atoms with van der Waals surface area (Å²) in [4.78, 5) is 60.4. The minimum absolute atomic E-state index is 0.161. The Bertz CT molecular complexity index is 793. The minimum Gasteiger partial charge on any atom is -0.452 e. The van der Waals surface area contributed by atoms with Gasteiger partial charge in [-0.05, 0) is 32.9 Å². The van der Waals surface area contributed by atoms with Crippen molar-refractivity contribution in [1.29, 1.82) is 0 Å². The molecule has 0 radical (unpaired) electrons. The molecule has 1 aliphatic heterocycles. The van der Waals surface area contributed by atoms with Crippen molar-refractivity contribution in [2.24, 2.45) is 0 Å². The molecule has 0 aliphatic carbocycles. The number of carbonyl (C=O) groups excluding carboxylic acids is 5. The van der Waals surface area contributed by atoms with Crippen LogP contribution >= 0.6 is 0 Å². The van der Waals surface area contributed by atoms with Gasteiger partial charge in [-0.15, -0.1) is 0 Å². The van der Waals surface area contributed by atoms with E-state index in [1.807, 2.05) is 0 Å². The number of esters is 1. The van der Waals surface area contributed by atoms with Crippen LogP contribution in [0.25, 0.3) is 0 Å². The lowest BCUT2D eigenvalue weighted by atomic mass is 10.1. The van der Waals surface area contributed by atoms with Crippen LogP contribution in [0.1, 0.15) is 37.6 Å². The lowest BCUT2D eigenvalue weighted by Crippen LogP contribution is -2.47. The monoisotopic (exact) mass is 390 g/mol. The van der Waals surface area contributed by atoms with Crippen molar-refractivity contribution < 1.29 is 28.7 Å². The average molecular weight is 390 g/mol. The zero-order chi connectivity index (χ0) is 20.9. The van der Waals surface area contributed by atoms with Crippen molar-refractivity contribution in [3.05, 3.63) is 35.9 Å². The number of hydrazine groups is 1. The van der Waals surface area contributed by atoms with Gasteiger partial charge in [0.2, 0.25) is 0 Å². The fourth-order valence-electron chi connectivity index (χ4n) is 2.42. The Labute approximate surface area is 161 Å². The van der Waals surface area contributed by atoms with Crippen molar-refractivity contribution in [2.75, 3.05) is 6.54 Å². The summed E-state index contributed by atoms with van der Waals surface area (Å²) in [5.41, 5.74) is 3.71. The molecule has 1 atom stereocenters. The summed E-state index contributed by atoms with van der Waals surface area (Å²) in [6.07, 6.45) is -1.44. The molecule has 2 rings (SSSR count). The average Bonchev–Trinajstić information content (AvgIpc) is 2.85. The number of carbonyl (C=O) groups is 5. The number of urea groups is 1.